The molecule has 4 heteroatoms. The van der Waals surface area contributed by atoms with Crippen LogP contribution >= 0.6 is 23.2 Å². The first-order valence-corrected chi connectivity index (χ1v) is 5.03. The van der Waals surface area contributed by atoms with E-state index < -0.39 is 0 Å². The first kappa shape index (κ1) is 11.3. The molecule has 2 nitrogen and oxygen atoms in total. The molecular formula is C10H10Cl2O2. The van der Waals surface area contributed by atoms with Gasteiger partial charge in [0.1, 0.15) is 5.75 Å². The Morgan fingerprint density at radius 1 is 1.36 bits per heavy atom. The van der Waals surface area contributed by atoms with E-state index in [-0.39, 0.29) is 21.6 Å². The van der Waals surface area contributed by atoms with Crippen LogP contribution in [0.25, 0.3) is 0 Å². The lowest BCUT2D eigenvalue weighted by molar-refractivity contribution is 0.0982. The third kappa shape index (κ3) is 2.40. The zero-order valence-electron chi connectivity index (χ0n) is 7.68. The summed E-state index contributed by atoms with van der Waals surface area (Å²) < 4.78 is 0. The Labute approximate surface area is 92.5 Å². The fourth-order valence-electron chi connectivity index (χ4n) is 1.18. The molecule has 0 atom stereocenters. The van der Waals surface area contributed by atoms with Gasteiger partial charge in [-0.3, -0.25) is 4.79 Å². The largest absolute Gasteiger partial charge is 0.508 e. The van der Waals surface area contributed by atoms with Crippen LogP contribution in [0.1, 0.15) is 30.1 Å². The van der Waals surface area contributed by atoms with Gasteiger partial charge in [-0.05, 0) is 18.6 Å². The normalized spacial score (nSPS) is 10.2. The van der Waals surface area contributed by atoms with Crippen LogP contribution in [0.3, 0.4) is 0 Å². The molecule has 0 amide bonds. The van der Waals surface area contributed by atoms with Gasteiger partial charge in [0.25, 0.3) is 0 Å². The maximum atomic E-state index is 11.5. The van der Waals surface area contributed by atoms with E-state index in [2.05, 4.69) is 0 Å². The molecular weight excluding hydrogens is 223 g/mol. The van der Waals surface area contributed by atoms with Crippen molar-refractivity contribution >= 4 is 29.0 Å². The van der Waals surface area contributed by atoms with E-state index in [1.807, 2.05) is 6.92 Å². The van der Waals surface area contributed by atoms with Crippen molar-refractivity contribution in [3.05, 3.63) is 27.7 Å². The van der Waals surface area contributed by atoms with Crippen molar-refractivity contribution in [2.75, 3.05) is 0 Å². The van der Waals surface area contributed by atoms with Crippen molar-refractivity contribution in [3.63, 3.8) is 0 Å². The van der Waals surface area contributed by atoms with E-state index in [0.29, 0.717) is 12.0 Å². The number of phenols is 1. The zero-order valence-corrected chi connectivity index (χ0v) is 9.19. The van der Waals surface area contributed by atoms with Gasteiger partial charge in [0.2, 0.25) is 0 Å². The Bertz CT molecular complexity index is 338. The number of carbonyl (C=O) groups is 1. The van der Waals surface area contributed by atoms with E-state index in [1.165, 1.54) is 12.1 Å². The lowest BCUT2D eigenvalue weighted by atomic mass is 10.1. The lowest BCUT2D eigenvalue weighted by Gasteiger charge is -2.05. The minimum Gasteiger partial charge on any atom is -0.508 e. The van der Waals surface area contributed by atoms with Gasteiger partial charge in [0, 0.05) is 6.42 Å². The Morgan fingerprint density at radius 3 is 2.29 bits per heavy atom. The van der Waals surface area contributed by atoms with Crippen LogP contribution in [0, 0.1) is 0 Å². The van der Waals surface area contributed by atoms with Crippen LogP contribution in [0.5, 0.6) is 5.75 Å². The van der Waals surface area contributed by atoms with Gasteiger partial charge in [-0.1, -0.05) is 30.1 Å². The zero-order chi connectivity index (χ0) is 10.7. The van der Waals surface area contributed by atoms with Gasteiger partial charge in [0.05, 0.1) is 15.6 Å². The summed E-state index contributed by atoms with van der Waals surface area (Å²) in [6, 6.07) is 2.63. The van der Waals surface area contributed by atoms with Crippen LogP contribution in [-0.4, -0.2) is 10.9 Å². The van der Waals surface area contributed by atoms with Gasteiger partial charge < -0.3 is 5.11 Å². The predicted octanol–water partition coefficient (Wildman–Crippen LogP) is 3.68. The summed E-state index contributed by atoms with van der Waals surface area (Å²) in [6.07, 6.45) is 1.15. The van der Waals surface area contributed by atoms with Gasteiger partial charge in [-0.25, -0.2) is 0 Å². The van der Waals surface area contributed by atoms with Crippen LogP contribution in [0.4, 0.5) is 0 Å². The summed E-state index contributed by atoms with van der Waals surface area (Å²) >= 11 is 11.6. The number of aromatic hydroxyl groups is 1. The number of Topliss-reactive ketones (excluding diaryl/α,β-unsaturated/α-hetero) is 1. The van der Waals surface area contributed by atoms with E-state index in [9.17, 15) is 4.79 Å². The number of halogens is 2. The highest BCUT2D eigenvalue weighted by Crippen LogP contribution is 2.30. The van der Waals surface area contributed by atoms with Gasteiger partial charge in [0.15, 0.2) is 5.78 Å². The maximum absolute atomic E-state index is 11.5. The maximum Gasteiger partial charge on any atom is 0.165 e. The van der Waals surface area contributed by atoms with Crippen molar-refractivity contribution < 1.29 is 9.90 Å². The van der Waals surface area contributed by atoms with Gasteiger partial charge >= 0.3 is 0 Å². The summed E-state index contributed by atoms with van der Waals surface area (Å²) in [5, 5.41) is 9.55. The second-order valence-electron chi connectivity index (χ2n) is 2.96. The van der Waals surface area contributed by atoms with Crippen molar-refractivity contribution in [1.29, 1.82) is 0 Å². The fourth-order valence-corrected chi connectivity index (χ4v) is 1.86. The molecule has 0 heterocycles. The molecule has 0 radical (unpaired) electrons. The monoisotopic (exact) mass is 232 g/mol. The molecule has 1 aromatic rings. The first-order chi connectivity index (χ1) is 6.56. The first-order valence-electron chi connectivity index (χ1n) is 4.27. The number of benzene rings is 1. The average molecular weight is 233 g/mol. The molecule has 0 fully saturated rings. The second-order valence-corrected chi connectivity index (χ2v) is 3.77. The number of hydrogen-bond acceptors (Lipinski definition) is 2. The predicted molar refractivity (Wildman–Crippen MR) is 57.4 cm³/mol. The average Bonchev–Trinajstić information content (AvgIpc) is 2.01. The molecule has 0 aliphatic rings. The Hall–Kier alpha value is -0.730. The quantitative estimate of drug-likeness (QED) is 0.808. The Balaban J connectivity index is 3.14. The number of carbonyl (C=O) groups excluding carboxylic acids is 1. The molecule has 0 spiro atoms. The Kier molecular flexibility index (Phi) is 3.78. The Morgan fingerprint density at radius 2 is 1.86 bits per heavy atom. The van der Waals surface area contributed by atoms with Crippen LogP contribution in [0.15, 0.2) is 12.1 Å². The number of phenolic OH excluding ortho intramolecular Hbond substituents is 1. The molecule has 1 aromatic carbocycles. The van der Waals surface area contributed by atoms with E-state index in [0.717, 1.165) is 6.42 Å². The molecule has 0 aliphatic carbocycles. The van der Waals surface area contributed by atoms with Crippen LogP contribution in [-0.2, 0) is 0 Å². The molecule has 1 rings (SSSR count). The summed E-state index contributed by atoms with van der Waals surface area (Å²) in [5.74, 6) is -0.129. The summed E-state index contributed by atoms with van der Waals surface area (Å²) in [6.45, 7) is 1.90. The minimum absolute atomic E-state index is 0.0342. The lowest BCUT2D eigenvalue weighted by Crippen LogP contribution is -2.00. The molecule has 0 aromatic heterocycles. The molecule has 0 aliphatic heterocycles. The molecule has 0 bridgehead atoms. The van der Waals surface area contributed by atoms with Crippen LogP contribution < -0.4 is 0 Å². The minimum atomic E-state index is -0.0949. The molecule has 0 saturated heterocycles. The number of hydrogen-bond donors (Lipinski definition) is 1. The SMILES string of the molecule is CCCC(=O)c1c(Cl)cc(O)cc1Cl. The summed E-state index contributed by atoms with van der Waals surface area (Å²) in [4.78, 5) is 11.5. The van der Waals surface area contributed by atoms with E-state index in [4.69, 9.17) is 28.3 Å². The smallest absolute Gasteiger partial charge is 0.165 e. The third-order valence-electron chi connectivity index (χ3n) is 1.78. The van der Waals surface area contributed by atoms with Crippen molar-refractivity contribution in [1.82, 2.24) is 0 Å². The molecule has 14 heavy (non-hydrogen) atoms. The molecule has 1 N–H and O–H groups in total. The van der Waals surface area contributed by atoms with Crippen molar-refractivity contribution in [2.24, 2.45) is 0 Å². The highest BCUT2D eigenvalue weighted by atomic mass is 35.5. The third-order valence-corrected chi connectivity index (χ3v) is 2.38. The molecule has 76 valence electrons. The van der Waals surface area contributed by atoms with Gasteiger partial charge in [-0.2, -0.15) is 0 Å². The standard InChI is InChI=1S/C10H10Cl2O2/c1-2-3-9(14)10-7(11)4-6(13)5-8(10)12/h4-5,13H,2-3H2,1H3. The van der Waals surface area contributed by atoms with Crippen molar-refractivity contribution in [2.45, 2.75) is 19.8 Å². The molecule has 0 unspecified atom stereocenters. The van der Waals surface area contributed by atoms with Crippen LogP contribution in [0.2, 0.25) is 10.0 Å². The topological polar surface area (TPSA) is 37.3 Å². The highest BCUT2D eigenvalue weighted by Gasteiger charge is 2.14. The number of ketones is 1. The fraction of sp³-hybridized carbons (Fsp3) is 0.300. The second kappa shape index (κ2) is 4.67. The van der Waals surface area contributed by atoms with Gasteiger partial charge in [-0.15, -0.1) is 0 Å². The molecule has 0 saturated carbocycles. The summed E-state index contributed by atoms with van der Waals surface area (Å²) in [5.41, 5.74) is 0.299. The number of rotatable bonds is 3. The summed E-state index contributed by atoms with van der Waals surface area (Å²) in [7, 11) is 0. The van der Waals surface area contributed by atoms with E-state index in [1.54, 1.807) is 0 Å². The van der Waals surface area contributed by atoms with Crippen molar-refractivity contribution in [3.8, 4) is 5.75 Å². The van der Waals surface area contributed by atoms with E-state index >= 15 is 0 Å². The highest BCUT2D eigenvalue weighted by molar-refractivity contribution is 6.40.